The summed E-state index contributed by atoms with van der Waals surface area (Å²) in [5, 5.41) is 17.2. The lowest BCUT2D eigenvalue weighted by atomic mass is 9.93. The van der Waals surface area contributed by atoms with E-state index in [4.69, 9.17) is 26.2 Å². The molecule has 1 aliphatic carbocycles. The Morgan fingerprint density at radius 3 is 2.40 bits per heavy atom. The molecule has 0 radical (unpaired) electrons. The van der Waals surface area contributed by atoms with Crippen LogP contribution in [0.4, 0.5) is 5.69 Å². The van der Waals surface area contributed by atoms with Gasteiger partial charge in [0.15, 0.2) is 10.5 Å². The fourth-order valence-electron chi connectivity index (χ4n) is 3.08. The molecule has 1 heterocycles. The van der Waals surface area contributed by atoms with E-state index in [1.807, 2.05) is 30.3 Å². The second-order valence-corrected chi connectivity index (χ2v) is 6.59. The first-order chi connectivity index (χ1) is 14.5. The maximum Gasteiger partial charge on any atom is 0.373 e. The number of nitrogens with one attached hydrogen (secondary N) is 2. The average Bonchev–Trinajstić information content (AvgIpc) is 2.73. The zero-order chi connectivity index (χ0) is 21.7. The quantitative estimate of drug-likeness (QED) is 0.333. The van der Waals surface area contributed by atoms with Crippen molar-refractivity contribution in [1.82, 2.24) is 5.32 Å². The number of hydrogen-bond donors (Lipinski definition) is 3. The molecule has 0 unspecified atom stereocenters. The highest BCUT2D eigenvalue weighted by Crippen LogP contribution is 2.40. The molecule has 150 valence electrons. The number of anilines is 1. The molecule has 30 heavy (non-hydrogen) atoms. The van der Waals surface area contributed by atoms with Gasteiger partial charge in [-0.15, -0.1) is 0 Å². The van der Waals surface area contributed by atoms with E-state index in [-0.39, 0.29) is 17.3 Å². The van der Waals surface area contributed by atoms with Crippen molar-refractivity contribution in [3.63, 3.8) is 0 Å². The molecule has 0 spiro atoms. The molecule has 0 fully saturated rings. The summed E-state index contributed by atoms with van der Waals surface area (Å²) in [6.07, 6.45) is 0.250. The highest BCUT2D eigenvalue weighted by molar-refractivity contribution is 7.80. The van der Waals surface area contributed by atoms with Crippen molar-refractivity contribution in [3.05, 3.63) is 70.9 Å². The maximum absolute atomic E-state index is 11.8. The normalized spacial score (nSPS) is 10.0. The number of phenols is 1. The van der Waals surface area contributed by atoms with Gasteiger partial charge in [0, 0.05) is 41.4 Å². The summed E-state index contributed by atoms with van der Waals surface area (Å²) >= 11 is 5.13. The Bertz CT molecular complexity index is 1280. The Morgan fingerprint density at radius 1 is 1.03 bits per heavy atom. The predicted octanol–water partition coefficient (Wildman–Crippen LogP) is 3.60. The van der Waals surface area contributed by atoms with Crippen LogP contribution in [0.25, 0.3) is 33.4 Å². The van der Waals surface area contributed by atoms with Gasteiger partial charge in [-0.25, -0.2) is 0 Å². The monoisotopic (exact) mass is 420 g/mol. The van der Waals surface area contributed by atoms with Crippen LogP contribution in [0.2, 0.25) is 0 Å². The molecule has 0 aromatic heterocycles. The van der Waals surface area contributed by atoms with E-state index in [0.717, 1.165) is 27.8 Å². The topological polar surface area (TPSA) is 109 Å². The molecule has 8 heteroatoms. The van der Waals surface area contributed by atoms with Crippen LogP contribution in [0.1, 0.15) is 0 Å². The summed E-state index contributed by atoms with van der Waals surface area (Å²) < 4.78 is 5.86. The van der Waals surface area contributed by atoms with Crippen molar-refractivity contribution in [3.8, 4) is 28.2 Å². The molecule has 0 atom stereocenters. The number of rotatable bonds is 2. The number of carbonyl (C=O) groups excluding carboxylic acids is 2. The first kappa shape index (κ1) is 20.7. The Kier molecular flexibility index (Phi) is 6.22. The summed E-state index contributed by atoms with van der Waals surface area (Å²) in [7, 11) is 1.76. The molecular weight excluding hydrogens is 404 g/mol. The molecule has 1 aliphatic heterocycles. The molecule has 2 aliphatic rings. The van der Waals surface area contributed by atoms with Crippen molar-refractivity contribution in [2.45, 2.75) is 0 Å². The number of hydrogen-bond acceptors (Lipinski definition) is 6. The average molecular weight is 420 g/mol. The second-order valence-electron chi connectivity index (χ2n) is 6.18. The number of phenolic OH excluding ortho intramolecular Hbond substituents is 1. The predicted molar refractivity (Wildman–Crippen MR) is 116 cm³/mol. The highest BCUT2D eigenvalue weighted by atomic mass is 32.1. The molecule has 4 rings (SSSR count). The van der Waals surface area contributed by atoms with Gasteiger partial charge in [0.25, 0.3) is 0 Å². The van der Waals surface area contributed by atoms with E-state index in [1.54, 1.807) is 25.2 Å². The van der Waals surface area contributed by atoms with Crippen LogP contribution in [0, 0.1) is 0 Å². The number of thiocarbonyl (C=S) groups is 1. The second kappa shape index (κ2) is 9.00. The summed E-state index contributed by atoms with van der Waals surface area (Å²) in [5.74, 6) is 0.587. The minimum absolute atomic E-state index is 0.106. The lowest BCUT2D eigenvalue weighted by Crippen LogP contribution is -2.23. The minimum atomic E-state index is -0.128. The van der Waals surface area contributed by atoms with E-state index in [9.17, 15) is 9.90 Å². The Hall–Kier alpha value is -4.00. The largest absolute Gasteiger partial charge is 0.508 e. The van der Waals surface area contributed by atoms with Gasteiger partial charge >= 0.3 is 6.15 Å². The first-order valence-electron chi connectivity index (χ1n) is 8.75. The lowest BCUT2D eigenvalue weighted by Gasteiger charge is -2.15. The lowest BCUT2D eigenvalue weighted by molar-refractivity contribution is -0.191. The Balaban J connectivity index is 0.000000806. The summed E-state index contributed by atoms with van der Waals surface area (Å²) in [5.41, 5.74) is 3.99. The minimum Gasteiger partial charge on any atom is -0.508 e. The SMILES string of the molecule is CNC(=S)Nc1ccc(-c2c3ccc(=O)cc-3oc3cc(O)ccc23)cc1.O=C=O. The van der Waals surface area contributed by atoms with Gasteiger partial charge in [0.2, 0.25) is 0 Å². The van der Waals surface area contributed by atoms with Gasteiger partial charge in [0.05, 0.1) is 0 Å². The standard InChI is InChI=1S/C21H16N2O3S.CO2/c1-22-21(27)23-13-4-2-12(3-5-13)20-16-8-6-14(24)10-18(16)26-19-11-15(25)7-9-17(19)20;2-1-3/h2-11,24H,1H3,(H2,22,23,27);. The molecule has 2 aromatic carbocycles. The molecule has 0 saturated carbocycles. The molecule has 0 saturated heterocycles. The van der Waals surface area contributed by atoms with E-state index >= 15 is 0 Å². The van der Waals surface area contributed by atoms with Gasteiger partial charge in [-0.2, -0.15) is 9.59 Å². The van der Waals surface area contributed by atoms with Crippen molar-refractivity contribution in [2.75, 3.05) is 12.4 Å². The Morgan fingerprint density at radius 2 is 1.73 bits per heavy atom. The van der Waals surface area contributed by atoms with Crippen molar-refractivity contribution < 1.29 is 19.1 Å². The van der Waals surface area contributed by atoms with Crippen LogP contribution in [-0.4, -0.2) is 23.4 Å². The highest BCUT2D eigenvalue weighted by Gasteiger charge is 2.17. The fraction of sp³-hybridized carbons (Fsp3) is 0.0455. The molecule has 3 N–H and O–H groups in total. The third-order valence-electron chi connectivity index (χ3n) is 4.34. The third-order valence-corrected chi connectivity index (χ3v) is 4.64. The first-order valence-corrected chi connectivity index (χ1v) is 9.15. The summed E-state index contributed by atoms with van der Waals surface area (Å²) in [4.78, 5) is 28.0. The zero-order valence-electron chi connectivity index (χ0n) is 15.8. The zero-order valence-corrected chi connectivity index (χ0v) is 16.6. The fourth-order valence-corrected chi connectivity index (χ4v) is 3.20. The molecule has 2 aromatic rings. The van der Waals surface area contributed by atoms with Crippen LogP contribution in [0.15, 0.2) is 69.9 Å². The molecule has 0 bridgehead atoms. The maximum atomic E-state index is 11.8. The number of benzene rings is 3. The van der Waals surface area contributed by atoms with Crippen molar-refractivity contribution in [1.29, 1.82) is 0 Å². The number of aromatic hydroxyl groups is 1. The van der Waals surface area contributed by atoms with Gasteiger partial charge in [-0.3, -0.25) is 4.79 Å². The summed E-state index contributed by atoms with van der Waals surface area (Å²) in [6.45, 7) is 0. The van der Waals surface area contributed by atoms with E-state index in [0.29, 0.717) is 16.5 Å². The van der Waals surface area contributed by atoms with E-state index < -0.39 is 0 Å². The van der Waals surface area contributed by atoms with Crippen LogP contribution in [-0.2, 0) is 9.59 Å². The van der Waals surface area contributed by atoms with Gasteiger partial charge in [0.1, 0.15) is 17.1 Å². The molecule has 0 amide bonds. The van der Waals surface area contributed by atoms with E-state index in [1.165, 1.54) is 12.1 Å². The van der Waals surface area contributed by atoms with Crippen molar-refractivity contribution in [2.24, 2.45) is 0 Å². The third kappa shape index (κ3) is 4.35. The van der Waals surface area contributed by atoms with Gasteiger partial charge in [-0.05, 0) is 54.2 Å². The van der Waals surface area contributed by atoms with Crippen molar-refractivity contribution >= 4 is 40.1 Å². The number of fused-ring (bicyclic) bond motifs is 2. The van der Waals surface area contributed by atoms with Crippen LogP contribution >= 0.6 is 12.2 Å². The smallest absolute Gasteiger partial charge is 0.373 e. The van der Waals surface area contributed by atoms with Crippen LogP contribution in [0.3, 0.4) is 0 Å². The van der Waals surface area contributed by atoms with Crippen LogP contribution < -0.4 is 16.1 Å². The molecular formula is C22H16N2O5S. The van der Waals surface area contributed by atoms with E-state index in [2.05, 4.69) is 10.6 Å². The van der Waals surface area contributed by atoms with Gasteiger partial charge in [-0.1, -0.05) is 12.1 Å². The summed E-state index contributed by atoms with van der Waals surface area (Å²) in [6, 6.07) is 17.6. The van der Waals surface area contributed by atoms with Crippen LogP contribution in [0.5, 0.6) is 5.75 Å². The molecule has 7 nitrogen and oxygen atoms in total. The Labute approximate surface area is 176 Å². The van der Waals surface area contributed by atoms with Gasteiger partial charge < -0.3 is 20.2 Å².